The Bertz CT molecular complexity index is 681. The summed E-state index contributed by atoms with van der Waals surface area (Å²) in [6.45, 7) is 4.34. The van der Waals surface area contributed by atoms with Crippen LogP contribution in [0.15, 0.2) is 0 Å². The van der Waals surface area contributed by atoms with E-state index in [1.165, 1.54) is 0 Å². The zero-order chi connectivity index (χ0) is 19.8. The second-order valence-corrected chi connectivity index (χ2v) is 11.7. The van der Waals surface area contributed by atoms with Crippen LogP contribution in [0.5, 0.6) is 0 Å². The largest absolute Gasteiger partial charge is 0.481 e. The highest BCUT2D eigenvalue weighted by Crippen LogP contribution is 2.69. The Morgan fingerprint density at radius 2 is 1.89 bits per heavy atom. The number of alkyl halides is 1. The smallest absolute Gasteiger partial charge is 0.306 e. The number of aliphatic hydroxyl groups is 2. The fraction of sp³-hybridized carbons (Fsp3) is 0.905. The molecule has 4 saturated carbocycles. The number of ketones is 1. The van der Waals surface area contributed by atoms with E-state index in [2.05, 4.69) is 29.8 Å². The second-order valence-electron chi connectivity index (χ2n) is 10.3. The topological polar surface area (TPSA) is 94.8 Å². The van der Waals surface area contributed by atoms with Gasteiger partial charge in [-0.15, -0.1) is 0 Å². The lowest BCUT2D eigenvalue weighted by atomic mass is 9.43. The number of rotatable bonds is 2. The monoisotopic (exact) mass is 442 g/mol. The van der Waals surface area contributed by atoms with Crippen molar-refractivity contribution in [1.82, 2.24) is 0 Å². The van der Waals surface area contributed by atoms with Crippen molar-refractivity contribution in [1.29, 1.82) is 0 Å². The van der Waals surface area contributed by atoms with E-state index in [0.717, 1.165) is 19.3 Å². The second kappa shape index (κ2) is 6.02. The third-order valence-corrected chi connectivity index (χ3v) is 10.8. The number of halogens is 1. The predicted molar refractivity (Wildman–Crippen MR) is 103 cm³/mol. The summed E-state index contributed by atoms with van der Waals surface area (Å²) in [4.78, 5) is 23.8. The third-order valence-electron chi connectivity index (χ3n) is 9.11. The maximum Gasteiger partial charge on any atom is 0.306 e. The summed E-state index contributed by atoms with van der Waals surface area (Å²) in [5, 5.41) is 31.4. The van der Waals surface area contributed by atoms with E-state index < -0.39 is 22.0 Å². The molecule has 27 heavy (non-hydrogen) atoms. The molecule has 0 radical (unpaired) electrons. The first-order valence-electron chi connectivity index (χ1n) is 10.3. The fourth-order valence-electron chi connectivity index (χ4n) is 7.52. The van der Waals surface area contributed by atoms with Crippen LogP contribution < -0.4 is 0 Å². The van der Waals surface area contributed by atoms with E-state index in [1.807, 2.05) is 0 Å². The number of carbonyl (C=O) groups excluding carboxylic acids is 1. The molecule has 0 amide bonds. The molecule has 0 aliphatic heterocycles. The molecule has 0 heterocycles. The molecule has 6 heteroatoms. The minimum Gasteiger partial charge on any atom is -0.481 e. The standard InChI is InChI=1S/C21H31BrO5/c1-18-6-5-14-12(13(18)3-4-15(18)23)9-16(24)21(22)11-20(27,10-17(25)26)8-7-19(14,21)2/h12-14,16,24,27H,3-11H2,1-2H3,(H,25,26)/t12-,13-,14-,16+,18-,19+,20+,21-/m0/s1. The SMILES string of the molecule is C[C@]12CC[C@H]3[C@@H](C[C@@H](O)[C@@]4(Br)C[C@](O)(CC(=O)O)CC[C@]34C)[C@@H]1CCC2=O. The van der Waals surface area contributed by atoms with Crippen LogP contribution in [-0.2, 0) is 9.59 Å². The summed E-state index contributed by atoms with van der Waals surface area (Å²) < 4.78 is -0.681. The van der Waals surface area contributed by atoms with Crippen LogP contribution in [0.3, 0.4) is 0 Å². The van der Waals surface area contributed by atoms with Crippen molar-refractivity contribution >= 4 is 27.7 Å². The number of carboxylic acid groups (broad SMARTS) is 1. The summed E-state index contributed by atoms with van der Waals surface area (Å²) in [6, 6.07) is 0. The number of fused-ring (bicyclic) bond motifs is 5. The molecule has 0 aromatic heterocycles. The summed E-state index contributed by atoms with van der Waals surface area (Å²) in [5.74, 6) is 0.441. The molecular weight excluding hydrogens is 412 g/mol. The zero-order valence-corrected chi connectivity index (χ0v) is 17.8. The van der Waals surface area contributed by atoms with Crippen LogP contribution in [-0.4, -0.2) is 43.1 Å². The molecule has 152 valence electrons. The Kier molecular flexibility index (Phi) is 4.42. The Balaban J connectivity index is 1.68. The van der Waals surface area contributed by atoms with Crippen LogP contribution in [0, 0.1) is 28.6 Å². The predicted octanol–water partition coefficient (Wildman–Crippen LogP) is 3.29. The lowest BCUT2D eigenvalue weighted by Gasteiger charge is -2.66. The maximum absolute atomic E-state index is 12.5. The summed E-state index contributed by atoms with van der Waals surface area (Å²) in [7, 11) is 0. The zero-order valence-electron chi connectivity index (χ0n) is 16.2. The molecule has 8 atom stereocenters. The van der Waals surface area contributed by atoms with Gasteiger partial charge in [0, 0.05) is 11.8 Å². The number of hydrogen-bond donors (Lipinski definition) is 3. The van der Waals surface area contributed by atoms with Gasteiger partial charge in [-0.25, -0.2) is 0 Å². The average Bonchev–Trinajstić information content (AvgIpc) is 2.86. The van der Waals surface area contributed by atoms with Gasteiger partial charge in [-0.3, -0.25) is 9.59 Å². The number of hydrogen-bond acceptors (Lipinski definition) is 4. The Hall–Kier alpha value is -0.460. The molecule has 4 aliphatic carbocycles. The van der Waals surface area contributed by atoms with Crippen molar-refractivity contribution in [2.24, 2.45) is 28.6 Å². The van der Waals surface area contributed by atoms with Crippen LogP contribution in [0.1, 0.15) is 71.6 Å². The highest BCUT2D eigenvalue weighted by atomic mass is 79.9. The highest BCUT2D eigenvalue weighted by molar-refractivity contribution is 9.10. The Morgan fingerprint density at radius 3 is 2.56 bits per heavy atom. The van der Waals surface area contributed by atoms with E-state index >= 15 is 0 Å². The number of aliphatic hydroxyl groups excluding tert-OH is 1. The van der Waals surface area contributed by atoms with Gasteiger partial charge in [0.25, 0.3) is 0 Å². The van der Waals surface area contributed by atoms with Crippen molar-refractivity contribution in [2.45, 2.75) is 87.7 Å². The third kappa shape index (κ3) is 2.62. The molecule has 0 aromatic carbocycles. The van der Waals surface area contributed by atoms with Gasteiger partial charge in [0.1, 0.15) is 5.78 Å². The van der Waals surface area contributed by atoms with E-state index in [4.69, 9.17) is 0 Å². The summed E-state index contributed by atoms with van der Waals surface area (Å²) in [5.41, 5.74) is -1.73. The average molecular weight is 443 g/mol. The van der Waals surface area contributed by atoms with Crippen molar-refractivity contribution in [3.63, 3.8) is 0 Å². The van der Waals surface area contributed by atoms with Gasteiger partial charge in [0.2, 0.25) is 0 Å². The lowest BCUT2D eigenvalue weighted by Crippen LogP contribution is -2.67. The molecule has 0 saturated heterocycles. The number of carboxylic acids is 1. The summed E-state index contributed by atoms with van der Waals surface area (Å²) >= 11 is 3.85. The van der Waals surface area contributed by atoms with Crippen LogP contribution in [0.25, 0.3) is 0 Å². The molecule has 4 rings (SSSR count). The quantitative estimate of drug-likeness (QED) is 0.570. The van der Waals surface area contributed by atoms with Gasteiger partial charge in [0.05, 0.1) is 22.5 Å². The van der Waals surface area contributed by atoms with Crippen molar-refractivity contribution in [2.75, 3.05) is 0 Å². The first kappa shape index (κ1) is 19.8. The van der Waals surface area contributed by atoms with Gasteiger partial charge < -0.3 is 15.3 Å². The number of Topliss-reactive ketones (excluding diaryl/α,β-unsaturated/α-hetero) is 1. The molecule has 0 aromatic rings. The number of carbonyl (C=O) groups is 2. The molecular formula is C21H31BrO5. The molecule has 5 nitrogen and oxygen atoms in total. The van der Waals surface area contributed by atoms with Crippen LogP contribution in [0.4, 0.5) is 0 Å². The van der Waals surface area contributed by atoms with E-state index in [0.29, 0.717) is 49.2 Å². The van der Waals surface area contributed by atoms with Gasteiger partial charge in [-0.05, 0) is 68.1 Å². The molecule has 0 bridgehead atoms. The van der Waals surface area contributed by atoms with Gasteiger partial charge in [-0.2, -0.15) is 0 Å². The van der Waals surface area contributed by atoms with Gasteiger partial charge >= 0.3 is 5.97 Å². The first-order valence-corrected chi connectivity index (χ1v) is 11.1. The first-order chi connectivity index (χ1) is 12.5. The normalized spacial score (nSPS) is 54.8. The van der Waals surface area contributed by atoms with E-state index in [1.54, 1.807) is 0 Å². The lowest BCUT2D eigenvalue weighted by molar-refractivity contribution is -0.176. The van der Waals surface area contributed by atoms with Crippen molar-refractivity contribution < 1.29 is 24.9 Å². The Labute approximate surface area is 169 Å². The number of aliphatic carboxylic acids is 1. The maximum atomic E-state index is 12.5. The molecule has 0 unspecified atom stereocenters. The van der Waals surface area contributed by atoms with Gasteiger partial charge in [-0.1, -0.05) is 29.8 Å². The van der Waals surface area contributed by atoms with Crippen LogP contribution >= 0.6 is 15.9 Å². The molecule has 3 N–H and O–H groups in total. The van der Waals surface area contributed by atoms with Crippen molar-refractivity contribution in [3.8, 4) is 0 Å². The minimum atomic E-state index is -1.28. The van der Waals surface area contributed by atoms with Crippen LogP contribution in [0.2, 0.25) is 0 Å². The summed E-state index contributed by atoms with van der Waals surface area (Å²) in [6.07, 6.45) is 4.55. The van der Waals surface area contributed by atoms with Gasteiger partial charge in [0.15, 0.2) is 0 Å². The highest BCUT2D eigenvalue weighted by Gasteiger charge is 2.68. The minimum absolute atomic E-state index is 0.215. The molecule has 0 spiro atoms. The molecule has 4 aliphatic rings. The fourth-order valence-corrected chi connectivity index (χ4v) is 8.72. The van der Waals surface area contributed by atoms with Crippen molar-refractivity contribution in [3.05, 3.63) is 0 Å². The van der Waals surface area contributed by atoms with E-state index in [-0.39, 0.29) is 23.7 Å². The van der Waals surface area contributed by atoms with E-state index in [9.17, 15) is 24.9 Å². The molecule has 4 fully saturated rings. The Morgan fingerprint density at radius 1 is 1.19 bits per heavy atom.